The number of unbranched alkanes of at least 4 members (excludes halogenated alkanes) is 1. The lowest BCUT2D eigenvalue weighted by Gasteiger charge is -2.15. The van der Waals surface area contributed by atoms with Crippen LogP contribution >= 0.6 is 0 Å². The first-order valence-corrected chi connectivity index (χ1v) is 9.57. The van der Waals surface area contributed by atoms with Crippen LogP contribution in [-0.2, 0) is 10.0 Å². The Morgan fingerprint density at radius 2 is 1.78 bits per heavy atom. The van der Waals surface area contributed by atoms with E-state index in [1.165, 1.54) is 32.6 Å². The molecule has 0 fully saturated rings. The third-order valence-corrected chi connectivity index (χ3v) is 5.82. The Hall–Kier alpha value is -1.40. The lowest BCUT2D eigenvalue weighted by molar-refractivity contribution is 0.0945. The fraction of sp³-hybridized carbons (Fsp3) is 0.588. The molecule has 0 spiro atoms. The second-order valence-corrected chi connectivity index (χ2v) is 8.09. The van der Waals surface area contributed by atoms with Gasteiger partial charge < -0.3 is 5.32 Å². The SMILES string of the molecule is CCCC[C@@H](CC)CNC(=O)c1ccc(S(=O)(=O)N(C)C)cc1. The van der Waals surface area contributed by atoms with E-state index in [-0.39, 0.29) is 10.8 Å². The predicted molar refractivity (Wildman–Crippen MR) is 93.0 cm³/mol. The average Bonchev–Trinajstić information content (AvgIpc) is 2.54. The maximum atomic E-state index is 12.2. The summed E-state index contributed by atoms with van der Waals surface area (Å²) in [5.74, 6) is 0.334. The van der Waals surface area contributed by atoms with Crippen LogP contribution in [0.1, 0.15) is 49.9 Å². The van der Waals surface area contributed by atoms with Crippen LogP contribution in [0.4, 0.5) is 0 Å². The molecule has 0 aromatic heterocycles. The van der Waals surface area contributed by atoms with Crippen LogP contribution in [0.3, 0.4) is 0 Å². The van der Waals surface area contributed by atoms with E-state index in [0.29, 0.717) is 18.0 Å². The van der Waals surface area contributed by atoms with Gasteiger partial charge in [-0.05, 0) is 36.6 Å². The zero-order chi connectivity index (χ0) is 17.5. The van der Waals surface area contributed by atoms with Crippen LogP contribution in [0.2, 0.25) is 0 Å². The number of amides is 1. The molecule has 0 bridgehead atoms. The molecule has 0 aliphatic rings. The summed E-state index contributed by atoms with van der Waals surface area (Å²) in [7, 11) is -0.491. The summed E-state index contributed by atoms with van der Waals surface area (Å²) in [6.45, 7) is 4.95. The summed E-state index contributed by atoms with van der Waals surface area (Å²) in [4.78, 5) is 12.4. The van der Waals surface area contributed by atoms with Gasteiger partial charge in [0.1, 0.15) is 0 Å². The molecule has 1 amide bonds. The normalized spacial score (nSPS) is 13.1. The zero-order valence-electron chi connectivity index (χ0n) is 14.5. The molecule has 0 aliphatic carbocycles. The van der Waals surface area contributed by atoms with Gasteiger partial charge in [-0.2, -0.15) is 0 Å². The van der Waals surface area contributed by atoms with Gasteiger partial charge in [-0.15, -0.1) is 0 Å². The first-order valence-electron chi connectivity index (χ1n) is 8.13. The molecule has 1 aromatic rings. The van der Waals surface area contributed by atoms with Gasteiger partial charge in [0, 0.05) is 26.2 Å². The summed E-state index contributed by atoms with van der Waals surface area (Å²) >= 11 is 0. The topological polar surface area (TPSA) is 66.5 Å². The van der Waals surface area contributed by atoms with Crippen molar-refractivity contribution in [2.75, 3.05) is 20.6 Å². The van der Waals surface area contributed by atoms with Crippen LogP contribution in [0, 0.1) is 5.92 Å². The minimum atomic E-state index is -3.46. The van der Waals surface area contributed by atoms with Gasteiger partial charge in [0.15, 0.2) is 0 Å². The lowest BCUT2D eigenvalue weighted by atomic mass is 9.99. The molecule has 0 heterocycles. The fourth-order valence-electron chi connectivity index (χ4n) is 2.27. The molecule has 0 unspecified atom stereocenters. The predicted octanol–water partition coefficient (Wildman–Crippen LogP) is 2.88. The van der Waals surface area contributed by atoms with E-state index in [1.54, 1.807) is 12.1 Å². The molecule has 1 atom stereocenters. The quantitative estimate of drug-likeness (QED) is 0.751. The zero-order valence-corrected chi connectivity index (χ0v) is 15.3. The van der Waals surface area contributed by atoms with Gasteiger partial charge in [-0.1, -0.05) is 33.1 Å². The molecule has 23 heavy (non-hydrogen) atoms. The molecule has 130 valence electrons. The molecule has 0 radical (unpaired) electrons. The van der Waals surface area contributed by atoms with Gasteiger partial charge >= 0.3 is 0 Å². The Kier molecular flexibility index (Phi) is 7.72. The van der Waals surface area contributed by atoms with E-state index < -0.39 is 10.0 Å². The van der Waals surface area contributed by atoms with Crippen LogP contribution in [0.25, 0.3) is 0 Å². The summed E-state index contributed by atoms with van der Waals surface area (Å²) < 4.78 is 25.1. The maximum absolute atomic E-state index is 12.2. The molecule has 1 rings (SSSR count). The van der Waals surface area contributed by atoms with Crippen LogP contribution in [0.15, 0.2) is 29.2 Å². The summed E-state index contributed by atoms with van der Waals surface area (Å²) in [6.07, 6.45) is 4.49. The summed E-state index contributed by atoms with van der Waals surface area (Å²) in [6, 6.07) is 6.05. The highest BCUT2D eigenvalue weighted by atomic mass is 32.2. The first kappa shape index (κ1) is 19.6. The number of benzene rings is 1. The van der Waals surface area contributed by atoms with Gasteiger partial charge in [-0.3, -0.25) is 4.79 Å². The van der Waals surface area contributed by atoms with Gasteiger partial charge in [0.2, 0.25) is 10.0 Å². The van der Waals surface area contributed by atoms with Gasteiger partial charge in [0.25, 0.3) is 5.91 Å². The fourth-order valence-corrected chi connectivity index (χ4v) is 3.17. The summed E-state index contributed by atoms with van der Waals surface area (Å²) in [5.41, 5.74) is 0.480. The monoisotopic (exact) mass is 340 g/mol. The molecule has 6 heteroatoms. The van der Waals surface area contributed by atoms with E-state index in [4.69, 9.17) is 0 Å². The van der Waals surface area contributed by atoms with Crippen molar-refractivity contribution in [3.63, 3.8) is 0 Å². The summed E-state index contributed by atoms with van der Waals surface area (Å²) in [5, 5.41) is 2.94. The van der Waals surface area contributed by atoms with Crippen molar-refractivity contribution in [2.45, 2.75) is 44.4 Å². The largest absolute Gasteiger partial charge is 0.352 e. The van der Waals surface area contributed by atoms with Crippen molar-refractivity contribution < 1.29 is 13.2 Å². The van der Waals surface area contributed by atoms with Crippen molar-refractivity contribution >= 4 is 15.9 Å². The number of hydrogen-bond acceptors (Lipinski definition) is 3. The van der Waals surface area contributed by atoms with E-state index in [2.05, 4.69) is 19.2 Å². The highest BCUT2D eigenvalue weighted by Gasteiger charge is 2.17. The molecule has 0 aliphatic heterocycles. The third-order valence-electron chi connectivity index (χ3n) is 3.99. The van der Waals surface area contributed by atoms with Crippen molar-refractivity contribution in [2.24, 2.45) is 5.92 Å². The first-order chi connectivity index (χ1) is 10.8. The number of hydrogen-bond donors (Lipinski definition) is 1. The third kappa shape index (κ3) is 5.62. The molecular formula is C17H28N2O3S. The number of carbonyl (C=O) groups is 1. The minimum Gasteiger partial charge on any atom is -0.352 e. The standard InChI is InChI=1S/C17H28N2O3S/c1-5-7-8-14(6-2)13-18-17(20)15-9-11-16(12-10-15)23(21,22)19(3)4/h9-12,14H,5-8,13H2,1-4H3,(H,18,20)/t14-/m1/s1. The number of nitrogens with one attached hydrogen (secondary N) is 1. The molecule has 0 saturated carbocycles. The number of rotatable bonds is 9. The Morgan fingerprint density at radius 1 is 1.17 bits per heavy atom. The lowest BCUT2D eigenvalue weighted by Crippen LogP contribution is -2.29. The molecule has 1 N–H and O–H groups in total. The van der Waals surface area contributed by atoms with Crippen molar-refractivity contribution in [3.8, 4) is 0 Å². The number of carbonyl (C=O) groups excluding carboxylic acids is 1. The number of sulfonamides is 1. The smallest absolute Gasteiger partial charge is 0.251 e. The molecule has 1 aromatic carbocycles. The molecule has 5 nitrogen and oxygen atoms in total. The van der Waals surface area contributed by atoms with Crippen LogP contribution < -0.4 is 5.32 Å². The Morgan fingerprint density at radius 3 is 2.26 bits per heavy atom. The highest BCUT2D eigenvalue weighted by molar-refractivity contribution is 7.89. The van der Waals surface area contributed by atoms with Gasteiger partial charge in [-0.25, -0.2) is 12.7 Å². The van der Waals surface area contributed by atoms with Crippen LogP contribution in [0.5, 0.6) is 0 Å². The van der Waals surface area contributed by atoms with Crippen molar-refractivity contribution in [1.29, 1.82) is 0 Å². The Bertz CT molecular complexity index is 595. The minimum absolute atomic E-state index is 0.159. The van der Waals surface area contributed by atoms with Gasteiger partial charge in [0.05, 0.1) is 4.90 Å². The highest BCUT2D eigenvalue weighted by Crippen LogP contribution is 2.15. The maximum Gasteiger partial charge on any atom is 0.251 e. The van der Waals surface area contributed by atoms with Crippen LogP contribution in [-0.4, -0.2) is 39.3 Å². The molecular weight excluding hydrogens is 312 g/mol. The molecule has 0 saturated heterocycles. The Labute approximate surface area is 140 Å². The van der Waals surface area contributed by atoms with E-state index >= 15 is 0 Å². The second-order valence-electron chi connectivity index (χ2n) is 5.94. The number of nitrogens with zero attached hydrogens (tertiary/aromatic N) is 1. The van der Waals surface area contributed by atoms with Crippen molar-refractivity contribution in [3.05, 3.63) is 29.8 Å². The van der Waals surface area contributed by atoms with E-state index in [9.17, 15) is 13.2 Å². The average molecular weight is 340 g/mol. The second kappa shape index (κ2) is 9.03. The van der Waals surface area contributed by atoms with E-state index in [0.717, 1.165) is 23.6 Å². The van der Waals surface area contributed by atoms with Crippen molar-refractivity contribution in [1.82, 2.24) is 9.62 Å². The Balaban J connectivity index is 2.68. The van der Waals surface area contributed by atoms with E-state index in [1.807, 2.05) is 0 Å².